The van der Waals surface area contributed by atoms with E-state index in [0.717, 1.165) is 10.6 Å². The fraction of sp³-hybridized carbons (Fsp3) is 0.364. The van der Waals surface area contributed by atoms with E-state index in [-0.39, 0.29) is 11.4 Å². The van der Waals surface area contributed by atoms with Crippen LogP contribution >= 0.6 is 11.8 Å². The summed E-state index contributed by atoms with van der Waals surface area (Å²) < 4.78 is 10.5. The molecule has 0 saturated carbocycles. The molecule has 1 aromatic rings. The van der Waals surface area contributed by atoms with Crippen LogP contribution in [0.25, 0.3) is 0 Å². The van der Waals surface area contributed by atoms with Gasteiger partial charge in [0.1, 0.15) is 5.75 Å². The highest BCUT2D eigenvalue weighted by atomic mass is 32.2. The van der Waals surface area contributed by atoms with E-state index < -0.39 is 0 Å². The van der Waals surface area contributed by atoms with Gasteiger partial charge in [0.05, 0.1) is 17.9 Å². The fourth-order valence-corrected chi connectivity index (χ4v) is 2.44. The first kappa shape index (κ1) is 10.4. The Kier molecular flexibility index (Phi) is 3.16. The van der Waals surface area contributed by atoms with Gasteiger partial charge >= 0.3 is 5.97 Å². The molecule has 0 spiro atoms. The van der Waals surface area contributed by atoms with E-state index in [4.69, 9.17) is 9.47 Å². The Morgan fingerprint density at radius 2 is 2.33 bits per heavy atom. The summed E-state index contributed by atoms with van der Waals surface area (Å²) in [7, 11) is 0. The number of thioether (sulfide) groups is 1. The van der Waals surface area contributed by atoms with Gasteiger partial charge in [-0.3, -0.25) is 4.79 Å². The number of ether oxygens (including phenoxy) is 2. The summed E-state index contributed by atoms with van der Waals surface area (Å²) in [6.45, 7) is 2.22. The summed E-state index contributed by atoms with van der Waals surface area (Å²) in [5, 5.41) is 0. The zero-order valence-corrected chi connectivity index (χ0v) is 9.25. The zero-order chi connectivity index (χ0) is 10.7. The minimum Gasteiger partial charge on any atom is -0.478 e. The van der Waals surface area contributed by atoms with Crippen molar-refractivity contribution in [2.24, 2.45) is 0 Å². The molecule has 1 aliphatic heterocycles. The molecule has 15 heavy (non-hydrogen) atoms. The molecule has 0 saturated heterocycles. The van der Waals surface area contributed by atoms with Gasteiger partial charge in [0, 0.05) is 0 Å². The molecule has 0 fully saturated rings. The van der Waals surface area contributed by atoms with E-state index in [1.807, 2.05) is 24.3 Å². The normalized spacial score (nSPS) is 18.1. The molecule has 80 valence electrons. The summed E-state index contributed by atoms with van der Waals surface area (Å²) >= 11 is 1.57. The third-order valence-electron chi connectivity index (χ3n) is 2.00. The monoisotopic (exact) mass is 224 g/mol. The molecule has 4 heteroatoms. The Morgan fingerprint density at radius 3 is 3.07 bits per heavy atom. The average molecular weight is 224 g/mol. The molecular weight excluding hydrogens is 212 g/mol. The largest absolute Gasteiger partial charge is 0.478 e. The smallest absolute Gasteiger partial charge is 0.310 e. The van der Waals surface area contributed by atoms with E-state index in [2.05, 4.69) is 0 Å². The topological polar surface area (TPSA) is 35.5 Å². The first-order valence-electron chi connectivity index (χ1n) is 4.87. The van der Waals surface area contributed by atoms with Gasteiger partial charge in [-0.1, -0.05) is 23.9 Å². The molecule has 0 bridgehead atoms. The van der Waals surface area contributed by atoms with Gasteiger partial charge in [0.25, 0.3) is 0 Å². The second-order valence-corrected chi connectivity index (χ2v) is 4.32. The second kappa shape index (κ2) is 4.57. The van der Waals surface area contributed by atoms with Gasteiger partial charge < -0.3 is 9.47 Å². The number of carbonyl (C=O) groups excluding carboxylic acids is 1. The molecule has 1 atom stereocenters. The number of para-hydroxylation sites is 1. The molecule has 1 aromatic carbocycles. The van der Waals surface area contributed by atoms with Crippen molar-refractivity contribution in [3.8, 4) is 5.75 Å². The summed E-state index contributed by atoms with van der Waals surface area (Å²) in [6, 6.07) is 7.78. The lowest BCUT2D eigenvalue weighted by Crippen LogP contribution is -2.15. The Bertz CT molecular complexity index is 340. The molecule has 3 nitrogen and oxygen atoms in total. The van der Waals surface area contributed by atoms with E-state index >= 15 is 0 Å². The van der Waals surface area contributed by atoms with Gasteiger partial charge in [-0.2, -0.15) is 0 Å². The predicted octanol–water partition coefficient (Wildman–Crippen LogP) is 2.45. The maximum Gasteiger partial charge on any atom is 0.310 e. The maximum absolute atomic E-state index is 11.2. The summed E-state index contributed by atoms with van der Waals surface area (Å²) in [4.78, 5) is 12.3. The van der Waals surface area contributed by atoms with Crippen molar-refractivity contribution in [2.75, 3.05) is 6.61 Å². The van der Waals surface area contributed by atoms with Crippen molar-refractivity contribution >= 4 is 17.7 Å². The minimum atomic E-state index is -0.206. The number of carbonyl (C=O) groups is 1. The van der Waals surface area contributed by atoms with E-state index in [1.165, 1.54) is 0 Å². The fourth-order valence-electron chi connectivity index (χ4n) is 1.39. The van der Waals surface area contributed by atoms with Crippen molar-refractivity contribution in [1.29, 1.82) is 0 Å². The molecule has 1 unspecified atom stereocenters. The van der Waals surface area contributed by atoms with Gasteiger partial charge in [0.2, 0.25) is 0 Å². The first-order chi connectivity index (χ1) is 7.29. The predicted molar refractivity (Wildman–Crippen MR) is 58.0 cm³/mol. The summed E-state index contributed by atoms with van der Waals surface area (Å²) in [5.74, 6) is 0.652. The van der Waals surface area contributed by atoms with E-state index in [9.17, 15) is 4.79 Å². The molecule has 1 aliphatic rings. The Balaban J connectivity index is 1.93. The highest BCUT2D eigenvalue weighted by Crippen LogP contribution is 2.41. The van der Waals surface area contributed by atoms with Crippen LogP contribution in [0.2, 0.25) is 0 Å². The van der Waals surface area contributed by atoms with Gasteiger partial charge in [-0.25, -0.2) is 0 Å². The van der Waals surface area contributed by atoms with Crippen LogP contribution < -0.4 is 4.74 Å². The van der Waals surface area contributed by atoms with Gasteiger partial charge in [-0.15, -0.1) is 0 Å². The lowest BCUT2D eigenvalue weighted by Gasteiger charge is -2.08. The third-order valence-corrected chi connectivity index (χ3v) is 3.12. The van der Waals surface area contributed by atoms with Gasteiger partial charge in [-0.05, 0) is 19.1 Å². The number of benzene rings is 1. The summed E-state index contributed by atoms with van der Waals surface area (Å²) in [5.41, 5.74) is -0.138. The third kappa shape index (κ3) is 2.45. The van der Waals surface area contributed by atoms with Crippen LogP contribution in [0.5, 0.6) is 5.75 Å². The SMILES string of the molecule is CCOC(=O)CC1Oc2ccccc2S1. The summed E-state index contributed by atoms with van der Waals surface area (Å²) in [6.07, 6.45) is 0.299. The van der Waals surface area contributed by atoms with Crippen LogP contribution in [0.4, 0.5) is 0 Å². The Labute approximate surface area is 92.8 Å². The van der Waals surface area contributed by atoms with Crippen molar-refractivity contribution in [1.82, 2.24) is 0 Å². The first-order valence-corrected chi connectivity index (χ1v) is 5.75. The molecule has 0 aromatic heterocycles. The highest BCUT2D eigenvalue weighted by molar-refractivity contribution is 8.00. The highest BCUT2D eigenvalue weighted by Gasteiger charge is 2.25. The molecular formula is C11H12O3S. The maximum atomic E-state index is 11.2. The second-order valence-electron chi connectivity index (χ2n) is 3.12. The van der Waals surface area contributed by atoms with E-state index in [1.54, 1.807) is 18.7 Å². The Hall–Kier alpha value is -1.16. The molecule has 1 heterocycles. The molecule has 0 aliphatic carbocycles. The van der Waals surface area contributed by atoms with Crippen LogP contribution in [0.3, 0.4) is 0 Å². The molecule has 0 amide bonds. The van der Waals surface area contributed by atoms with E-state index in [0.29, 0.717) is 13.0 Å². The van der Waals surface area contributed by atoms with Crippen LogP contribution in [0.15, 0.2) is 29.2 Å². The average Bonchev–Trinajstić information content (AvgIpc) is 2.59. The van der Waals surface area contributed by atoms with Crippen molar-refractivity contribution in [2.45, 2.75) is 23.7 Å². The molecule has 0 N–H and O–H groups in total. The van der Waals surface area contributed by atoms with Crippen molar-refractivity contribution in [3.63, 3.8) is 0 Å². The molecule has 2 rings (SSSR count). The lowest BCUT2D eigenvalue weighted by molar-refractivity contribution is -0.143. The zero-order valence-electron chi connectivity index (χ0n) is 8.43. The van der Waals surface area contributed by atoms with Crippen LogP contribution in [0, 0.1) is 0 Å². The van der Waals surface area contributed by atoms with Crippen LogP contribution in [0.1, 0.15) is 13.3 Å². The van der Waals surface area contributed by atoms with Crippen LogP contribution in [-0.2, 0) is 9.53 Å². The number of fused-ring (bicyclic) bond motifs is 1. The quantitative estimate of drug-likeness (QED) is 0.739. The minimum absolute atomic E-state index is 0.138. The number of rotatable bonds is 3. The standard InChI is InChI=1S/C11H12O3S/c1-2-13-10(12)7-11-14-8-5-3-4-6-9(8)15-11/h3-6,11H,2,7H2,1H3. The Morgan fingerprint density at radius 1 is 1.53 bits per heavy atom. The van der Waals surface area contributed by atoms with Crippen molar-refractivity contribution in [3.05, 3.63) is 24.3 Å². The lowest BCUT2D eigenvalue weighted by atomic mass is 10.3. The van der Waals surface area contributed by atoms with Crippen LogP contribution in [-0.4, -0.2) is 18.0 Å². The van der Waals surface area contributed by atoms with Crippen molar-refractivity contribution < 1.29 is 14.3 Å². The number of hydrogen-bond donors (Lipinski definition) is 0. The number of esters is 1. The number of hydrogen-bond acceptors (Lipinski definition) is 4. The van der Waals surface area contributed by atoms with Gasteiger partial charge in [0.15, 0.2) is 5.44 Å². The molecule has 0 radical (unpaired) electrons.